The van der Waals surface area contributed by atoms with Gasteiger partial charge < -0.3 is 19.5 Å². The van der Waals surface area contributed by atoms with E-state index in [4.69, 9.17) is 9.47 Å². The van der Waals surface area contributed by atoms with Gasteiger partial charge in [0.2, 0.25) is 0 Å². The van der Waals surface area contributed by atoms with E-state index in [2.05, 4.69) is 10.1 Å². The molecule has 0 amide bonds. The largest absolute Gasteiger partial charge is 0.467 e. The topological polar surface area (TPSA) is 143 Å². The highest BCUT2D eigenvalue weighted by molar-refractivity contribution is 5.70. The summed E-state index contributed by atoms with van der Waals surface area (Å²) in [5.74, 6) is -0.484. The first-order chi connectivity index (χ1) is 11.5. The van der Waals surface area contributed by atoms with E-state index in [0.29, 0.717) is 0 Å². The summed E-state index contributed by atoms with van der Waals surface area (Å²) in [4.78, 5) is 30.9. The molecular weight excluding hydrogens is 326 g/mol. The zero-order chi connectivity index (χ0) is 17.9. The molecule has 0 saturated heterocycles. The van der Waals surface area contributed by atoms with Crippen molar-refractivity contribution in [3.8, 4) is 0 Å². The number of esters is 1. The monoisotopic (exact) mass is 343 g/mol. The summed E-state index contributed by atoms with van der Waals surface area (Å²) >= 11 is 0. The van der Waals surface area contributed by atoms with Crippen molar-refractivity contribution in [3.63, 3.8) is 0 Å². The molecule has 0 bridgehead atoms. The number of hydrogen-bond acceptors (Lipinski definition) is 9. The molecule has 0 saturated carbocycles. The van der Waals surface area contributed by atoms with Crippen molar-refractivity contribution >= 4 is 23.0 Å². The van der Waals surface area contributed by atoms with Gasteiger partial charge in [-0.1, -0.05) is 0 Å². The van der Waals surface area contributed by atoms with Gasteiger partial charge in [0, 0.05) is 12.6 Å². The first-order valence-corrected chi connectivity index (χ1v) is 6.84. The summed E-state index contributed by atoms with van der Waals surface area (Å²) in [7, 11) is 1.26. The maximum atomic E-state index is 10.9. The van der Waals surface area contributed by atoms with Gasteiger partial charge in [-0.3, -0.25) is 20.2 Å². The third-order valence-electron chi connectivity index (χ3n) is 2.77. The lowest BCUT2D eigenvalue weighted by Crippen LogP contribution is -2.16. The maximum Gasteiger partial charge on any atom is 0.331 e. The summed E-state index contributed by atoms with van der Waals surface area (Å²) in [6, 6.07) is 3.34. The number of ether oxygens (including phenoxy) is 3. The Balaban J connectivity index is 2.33. The van der Waals surface area contributed by atoms with E-state index in [9.17, 15) is 25.0 Å². The van der Waals surface area contributed by atoms with E-state index in [1.807, 2.05) is 0 Å². The van der Waals surface area contributed by atoms with Crippen LogP contribution < -0.4 is 5.32 Å². The molecule has 0 unspecified atom stereocenters. The second-order valence-corrected chi connectivity index (χ2v) is 4.38. The Morgan fingerprint density at radius 1 is 1.12 bits per heavy atom. The molecule has 0 spiro atoms. The van der Waals surface area contributed by atoms with Crippen molar-refractivity contribution in [1.82, 2.24) is 0 Å². The van der Waals surface area contributed by atoms with Crippen LogP contribution >= 0.6 is 0 Å². The van der Waals surface area contributed by atoms with Crippen LogP contribution in [-0.4, -0.2) is 55.9 Å². The second-order valence-electron chi connectivity index (χ2n) is 4.38. The summed E-state index contributed by atoms with van der Waals surface area (Å²) in [6.45, 7) is 0.770. The lowest BCUT2D eigenvalue weighted by Gasteiger charge is -2.08. The lowest BCUT2D eigenvalue weighted by atomic mass is 10.2. The SMILES string of the molecule is COC(=O)COCCOCCNc1ccc([N+](=O)[O-])cc1[N+](=O)[O-]. The van der Waals surface area contributed by atoms with Crippen molar-refractivity contribution in [3.05, 3.63) is 38.4 Å². The third kappa shape index (κ3) is 6.54. The third-order valence-corrected chi connectivity index (χ3v) is 2.77. The van der Waals surface area contributed by atoms with Crippen molar-refractivity contribution < 1.29 is 28.9 Å². The number of methoxy groups -OCH3 is 1. The van der Waals surface area contributed by atoms with Crippen LogP contribution in [0.15, 0.2) is 18.2 Å². The van der Waals surface area contributed by atoms with Gasteiger partial charge >= 0.3 is 5.97 Å². The number of benzene rings is 1. The van der Waals surface area contributed by atoms with Crippen LogP contribution in [0.1, 0.15) is 0 Å². The van der Waals surface area contributed by atoms with Gasteiger partial charge in [-0.25, -0.2) is 4.79 Å². The molecule has 1 aromatic carbocycles. The Bertz CT molecular complexity index is 593. The Kier molecular flexibility index (Phi) is 8.08. The zero-order valence-electron chi connectivity index (χ0n) is 12.9. The number of nitrogens with zero attached hydrogens (tertiary/aromatic N) is 2. The number of hydrogen-bond donors (Lipinski definition) is 1. The van der Waals surface area contributed by atoms with Crippen LogP contribution in [0.5, 0.6) is 0 Å². The molecule has 1 rings (SSSR count). The zero-order valence-corrected chi connectivity index (χ0v) is 12.9. The van der Waals surface area contributed by atoms with Crippen molar-refractivity contribution in [2.45, 2.75) is 0 Å². The average molecular weight is 343 g/mol. The van der Waals surface area contributed by atoms with Gasteiger partial charge in [0.1, 0.15) is 12.3 Å². The number of nitrogens with one attached hydrogen (secondary N) is 1. The molecule has 11 heteroatoms. The molecule has 0 radical (unpaired) electrons. The molecule has 0 aromatic heterocycles. The number of rotatable bonds is 11. The van der Waals surface area contributed by atoms with Gasteiger partial charge in [-0.05, 0) is 6.07 Å². The van der Waals surface area contributed by atoms with Crippen molar-refractivity contribution in [1.29, 1.82) is 0 Å². The van der Waals surface area contributed by atoms with Gasteiger partial charge in [0.05, 0.1) is 42.8 Å². The Labute approximate surface area is 136 Å². The predicted molar refractivity (Wildman–Crippen MR) is 81.9 cm³/mol. The first kappa shape index (κ1) is 19.3. The number of carbonyl (C=O) groups excluding carboxylic acids is 1. The summed E-state index contributed by atoms with van der Waals surface area (Å²) < 4.78 is 14.6. The highest BCUT2D eigenvalue weighted by atomic mass is 16.6. The van der Waals surface area contributed by atoms with Gasteiger partial charge in [-0.15, -0.1) is 0 Å². The van der Waals surface area contributed by atoms with Crippen LogP contribution in [0.25, 0.3) is 0 Å². The lowest BCUT2D eigenvalue weighted by molar-refractivity contribution is -0.393. The Hall–Kier alpha value is -2.79. The Morgan fingerprint density at radius 3 is 2.46 bits per heavy atom. The van der Waals surface area contributed by atoms with E-state index < -0.39 is 15.8 Å². The molecule has 11 nitrogen and oxygen atoms in total. The molecule has 24 heavy (non-hydrogen) atoms. The maximum absolute atomic E-state index is 10.9. The first-order valence-electron chi connectivity index (χ1n) is 6.84. The van der Waals surface area contributed by atoms with E-state index in [1.54, 1.807) is 0 Å². The number of nitro groups is 2. The fourth-order valence-corrected chi connectivity index (χ4v) is 1.63. The van der Waals surface area contributed by atoms with Crippen LogP contribution in [0, 0.1) is 20.2 Å². The summed E-state index contributed by atoms with van der Waals surface area (Å²) in [5.41, 5.74) is -0.576. The molecule has 132 valence electrons. The molecule has 0 aliphatic rings. The predicted octanol–water partition coefficient (Wildman–Crippen LogP) is 1.12. The van der Waals surface area contributed by atoms with Gasteiger partial charge in [0.15, 0.2) is 0 Å². The van der Waals surface area contributed by atoms with Crippen LogP contribution in [0.3, 0.4) is 0 Å². The highest BCUT2D eigenvalue weighted by Crippen LogP contribution is 2.28. The highest BCUT2D eigenvalue weighted by Gasteiger charge is 2.18. The van der Waals surface area contributed by atoms with Crippen LogP contribution in [0.4, 0.5) is 17.1 Å². The minimum Gasteiger partial charge on any atom is -0.467 e. The van der Waals surface area contributed by atoms with E-state index in [0.717, 1.165) is 6.07 Å². The normalized spacial score (nSPS) is 10.2. The van der Waals surface area contributed by atoms with Gasteiger partial charge in [0.25, 0.3) is 11.4 Å². The number of carbonyl (C=O) groups is 1. The molecule has 0 fully saturated rings. The minimum atomic E-state index is -0.700. The number of non-ortho nitro benzene ring substituents is 1. The molecule has 0 aliphatic carbocycles. The molecule has 0 aliphatic heterocycles. The van der Waals surface area contributed by atoms with Gasteiger partial charge in [-0.2, -0.15) is 0 Å². The number of anilines is 1. The smallest absolute Gasteiger partial charge is 0.331 e. The summed E-state index contributed by atoms with van der Waals surface area (Å²) in [6.07, 6.45) is 0. The fraction of sp³-hybridized carbons (Fsp3) is 0.462. The average Bonchev–Trinajstić information content (AvgIpc) is 2.56. The number of nitro benzene ring substituents is 2. The van der Waals surface area contributed by atoms with Crippen molar-refractivity contribution in [2.75, 3.05) is 45.4 Å². The van der Waals surface area contributed by atoms with Crippen molar-refractivity contribution in [2.24, 2.45) is 0 Å². The van der Waals surface area contributed by atoms with E-state index >= 15 is 0 Å². The molecule has 0 heterocycles. The quantitative estimate of drug-likeness (QED) is 0.270. The molecule has 1 aromatic rings. The second kappa shape index (κ2) is 10.1. The Morgan fingerprint density at radius 2 is 1.83 bits per heavy atom. The standard InChI is InChI=1S/C13H17N3O8/c1-22-13(17)9-24-7-6-23-5-4-14-11-3-2-10(15(18)19)8-12(11)16(20)21/h2-3,8,14H,4-7,9H2,1H3. The van der Waals surface area contributed by atoms with Crippen LogP contribution in [-0.2, 0) is 19.0 Å². The molecule has 0 atom stereocenters. The molecular formula is C13H17N3O8. The minimum absolute atomic E-state index is 0.160. The fourth-order valence-electron chi connectivity index (χ4n) is 1.63. The summed E-state index contributed by atoms with van der Waals surface area (Å²) in [5, 5.41) is 24.4. The van der Waals surface area contributed by atoms with Crippen LogP contribution in [0.2, 0.25) is 0 Å². The van der Waals surface area contributed by atoms with E-state index in [1.165, 1.54) is 19.2 Å². The molecule has 1 N–H and O–H groups in total. The van der Waals surface area contributed by atoms with E-state index in [-0.39, 0.29) is 50.0 Å².